The minimum absolute atomic E-state index is 0. The number of hydrogen-bond acceptors (Lipinski definition) is 1. The highest BCUT2D eigenvalue weighted by Gasteiger charge is 2.41. The molecule has 1 atom stereocenters. The number of halogens is 7. The number of nitrogens with two attached hydrogens (primary N) is 1. The van der Waals surface area contributed by atoms with Crippen LogP contribution in [0, 0.1) is 11.6 Å². The van der Waals surface area contributed by atoms with E-state index in [4.69, 9.17) is 17.3 Å². The molecule has 2 N–H and O–H groups in total. The van der Waals surface area contributed by atoms with Crippen molar-refractivity contribution in [3.8, 4) is 0 Å². The Morgan fingerprint density at radius 2 is 1.56 bits per heavy atom. The summed E-state index contributed by atoms with van der Waals surface area (Å²) in [6.07, 6.45) is -4.88. The molecular weight excluding hydrogens is 276 g/mol. The van der Waals surface area contributed by atoms with Gasteiger partial charge in [0.25, 0.3) is 0 Å². The molecule has 1 aromatic carbocycles. The largest absolute Gasteiger partial charge is 0.407 e. The van der Waals surface area contributed by atoms with E-state index in [1.54, 1.807) is 0 Å². The van der Waals surface area contributed by atoms with E-state index in [0.29, 0.717) is 12.1 Å². The van der Waals surface area contributed by atoms with Crippen LogP contribution in [0.1, 0.15) is 11.6 Å². The van der Waals surface area contributed by atoms with Crippen LogP contribution in [0.3, 0.4) is 0 Å². The summed E-state index contributed by atoms with van der Waals surface area (Å²) >= 11 is 5.20. The van der Waals surface area contributed by atoms with Crippen LogP contribution >= 0.6 is 24.0 Å². The number of hydrogen-bond donors (Lipinski definition) is 1. The van der Waals surface area contributed by atoms with Gasteiger partial charge in [0.05, 0.1) is 5.02 Å². The summed E-state index contributed by atoms with van der Waals surface area (Å²) in [6.45, 7) is 0. The number of rotatable bonds is 1. The van der Waals surface area contributed by atoms with Crippen LogP contribution in [0.15, 0.2) is 12.1 Å². The summed E-state index contributed by atoms with van der Waals surface area (Å²) in [5, 5.41) is -0.945. The van der Waals surface area contributed by atoms with Gasteiger partial charge in [-0.15, -0.1) is 12.4 Å². The van der Waals surface area contributed by atoms with Gasteiger partial charge in [-0.1, -0.05) is 11.6 Å². The Hall–Kier alpha value is -0.590. The minimum atomic E-state index is -4.88. The molecule has 0 unspecified atom stereocenters. The summed E-state index contributed by atoms with van der Waals surface area (Å²) in [5.74, 6) is -2.43. The topological polar surface area (TPSA) is 26.0 Å². The molecule has 0 spiro atoms. The molecule has 0 saturated carbocycles. The maximum Gasteiger partial charge on any atom is 0.407 e. The zero-order chi connectivity index (χ0) is 11.8. The molecule has 1 nitrogen and oxygen atoms in total. The predicted octanol–water partition coefficient (Wildman–Crippen LogP) is 3.60. The molecule has 92 valence electrons. The highest BCUT2D eigenvalue weighted by Crippen LogP contribution is 2.36. The van der Waals surface area contributed by atoms with Gasteiger partial charge < -0.3 is 5.73 Å². The first kappa shape index (κ1) is 15.4. The molecule has 1 aromatic rings. The van der Waals surface area contributed by atoms with Gasteiger partial charge in [-0.3, -0.25) is 0 Å². The van der Waals surface area contributed by atoms with Crippen molar-refractivity contribution >= 4 is 24.0 Å². The summed E-state index contributed by atoms with van der Waals surface area (Å²) < 4.78 is 62.2. The second kappa shape index (κ2) is 5.16. The summed E-state index contributed by atoms with van der Waals surface area (Å²) in [4.78, 5) is 0. The Morgan fingerprint density at radius 3 is 2.00 bits per heavy atom. The van der Waals surface area contributed by atoms with Crippen molar-refractivity contribution in [2.45, 2.75) is 12.2 Å². The molecule has 0 aliphatic rings. The van der Waals surface area contributed by atoms with E-state index in [9.17, 15) is 22.0 Å². The van der Waals surface area contributed by atoms with Gasteiger partial charge in [0, 0.05) is 5.56 Å². The second-order valence-corrected chi connectivity index (χ2v) is 3.15. The lowest BCUT2D eigenvalue weighted by Crippen LogP contribution is -2.29. The van der Waals surface area contributed by atoms with Crippen LogP contribution in [-0.2, 0) is 0 Å². The fourth-order valence-electron chi connectivity index (χ4n) is 0.992. The van der Waals surface area contributed by atoms with Crippen molar-refractivity contribution in [3.63, 3.8) is 0 Å². The maximum atomic E-state index is 13.0. The van der Waals surface area contributed by atoms with Crippen molar-refractivity contribution in [1.29, 1.82) is 0 Å². The monoisotopic (exact) mass is 281 g/mol. The van der Waals surface area contributed by atoms with Gasteiger partial charge in [0.2, 0.25) is 0 Å². The Balaban J connectivity index is 0.00000225. The average Bonchev–Trinajstić information content (AvgIpc) is 2.10. The summed E-state index contributed by atoms with van der Waals surface area (Å²) in [5.41, 5.74) is 3.65. The molecule has 1 rings (SSSR count). The van der Waals surface area contributed by atoms with E-state index in [-0.39, 0.29) is 12.4 Å². The normalized spacial score (nSPS) is 13.2. The fourth-order valence-corrected chi connectivity index (χ4v) is 1.26. The molecule has 0 radical (unpaired) electrons. The van der Waals surface area contributed by atoms with Crippen LogP contribution < -0.4 is 5.73 Å². The van der Waals surface area contributed by atoms with Gasteiger partial charge >= 0.3 is 6.18 Å². The summed E-state index contributed by atoms with van der Waals surface area (Å²) in [7, 11) is 0. The third-order valence-electron chi connectivity index (χ3n) is 1.74. The molecular formula is C8H6Cl2F5N. The van der Waals surface area contributed by atoms with Crippen LogP contribution in [0.4, 0.5) is 22.0 Å². The standard InChI is InChI=1S/C8H5ClF5N.ClH/c9-6-4(11)2-1-3(10)5(6)7(15)8(12,13)14;/h1-2,7H,15H2;1H/t7-;/m0./s1. The molecule has 0 aliphatic carbocycles. The third-order valence-corrected chi connectivity index (χ3v) is 2.13. The van der Waals surface area contributed by atoms with Crippen LogP contribution in [0.5, 0.6) is 0 Å². The van der Waals surface area contributed by atoms with E-state index >= 15 is 0 Å². The quantitative estimate of drug-likeness (QED) is 0.618. The SMILES string of the molecule is Cl.N[C@@H](c1c(F)ccc(F)c1Cl)C(F)(F)F. The molecule has 0 saturated heterocycles. The van der Waals surface area contributed by atoms with E-state index in [0.717, 1.165) is 0 Å². The number of benzene rings is 1. The van der Waals surface area contributed by atoms with E-state index in [1.165, 1.54) is 0 Å². The highest BCUT2D eigenvalue weighted by atomic mass is 35.5. The van der Waals surface area contributed by atoms with Gasteiger partial charge in [-0.25, -0.2) is 8.78 Å². The predicted molar refractivity (Wildman–Crippen MR) is 51.6 cm³/mol. The molecule has 0 aromatic heterocycles. The highest BCUT2D eigenvalue weighted by molar-refractivity contribution is 6.31. The Bertz CT molecular complexity index is 379. The zero-order valence-electron chi connectivity index (χ0n) is 7.49. The molecule has 0 bridgehead atoms. The van der Waals surface area contributed by atoms with Gasteiger partial charge in [0.1, 0.15) is 17.7 Å². The van der Waals surface area contributed by atoms with E-state index in [2.05, 4.69) is 0 Å². The molecule has 16 heavy (non-hydrogen) atoms. The van der Waals surface area contributed by atoms with E-state index in [1.807, 2.05) is 0 Å². The first-order valence-electron chi connectivity index (χ1n) is 3.71. The third kappa shape index (κ3) is 2.96. The second-order valence-electron chi connectivity index (χ2n) is 2.78. The molecule has 0 aliphatic heterocycles. The molecule has 0 amide bonds. The first-order chi connectivity index (χ1) is 6.75. The van der Waals surface area contributed by atoms with Crippen LogP contribution in [0.25, 0.3) is 0 Å². The summed E-state index contributed by atoms with van der Waals surface area (Å²) in [6, 6.07) is -1.47. The lowest BCUT2D eigenvalue weighted by Gasteiger charge is -2.17. The molecule has 0 heterocycles. The lowest BCUT2D eigenvalue weighted by atomic mass is 10.1. The van der Waals surface area contributed by atoms with Gasteiger partial charge in [-0.2, -0.15) is 13.2 Å². The minimum Gasteiger partial charge on any atom is -0.316 e. The van der Waals surface area contributed by atoms with Crippen LogP contribution in [-0.4, -0.2) is 6.18 Å². The first-order valence-corrected chi connectivity index (χ1v) is 4.08. The smallest absolute Gasteiger partial charge is 0.316 e. The molecule has 8 heteroatoms. The zero-order valence-corrected chi connectivity index (χ0v) is 9.06. The number of alkyl halides is 3. The lowest BCUT2D eigenvalue weighted by molar-refractivity contribution is -0.149. The van der Waals surface area contributed by atoms with Gasteiger partial charge in [0.15, 0.2) is 0 Å². The van der Waals surface area contributed by atoms with Crippen molar-refractivity contribution in [2.24, 2.45) is 5.73 Å². The van der Waals surface area contributed by atoms with Crippen molar-refractivity contribution in [1.82, 2.24) is 0 Å². The maximum absolute atomic E-state index is 13.0. The fraction of sp³-hybridized carbons (Fsp3) is 0.250. The Labute approximate surface area is 98.8 Å². The molecule has 0 fully saturated rings. The van der Waals surface area contributed by atoms with Crippen molar-refractivity contribution in [3.05, 3.63) is 34.4 Å². The van der Waals surface area contributed by atoms with Crippen LogP contribution in [0.2, 0.25) is 5.02 Å². The van der Waals surface area contributed by atoms with Gasteiger partial charge in [-0.05, 0) is 12.1 Å². The van der Waals surface area contributed by atoms with E-state index < -0.39 is 34.4 Å². The van der Waals surface area contributed by atoms with Crippen molar-refractivity contribution in [2.75, 3.05) is 0 Å². The average molecular weight is 282 g/mol. The Kier molecular flexibility index (Phi) is 4.97. The Morgan fingerprint density at radius 1 is 1.12 bits per heavy atom. The van der Waals surface area contributed by atoms with Crippen molar-refractivity contribution < 1.29 is 22.0 Å².